The van der Waals surface area contributed by atoms with Gasteiger partial charge in [-0.15, -0.1) is 0 Å². The van der Waals surface area contributed by atoms with Gasteiger partial charge in [0.05, 0.1) is 23.5 Å². The molecule has 2 N–H and O–H groups in total. The van der Waals surface area contributed by atoms with Crippen LogP contribution in [0.1, 0.15) is 12.0 Å². The summed E-state index contributed by atoms with van der Waals surface area (Å²) < 4.78 is 29.3. The van der Waals surface area contributed by atoms with Crippen molar-refractivity contribution >= 4 is 16.1 Å². The highest BCUT2D eigenvalue weighted by molar-refractivity contribution is 7.86. The second kappa shape index (κ2) is 6.10. The summed E-state index contributed by atoms with van der Waals surface area (Å²) in [5.74, 6) is -1.79. The minimum atomic E-state index is -4.03. The molecule has 1 heterocycles. The predicted molar refractivity (Wildman–Crippen MR) is 72.8 cm³/mol. The van der Waals surface area contributed by atoms with E-state index in [0.717, 1.165) is 10.6 Å². The van der Waals surface area contributed by atoms with E-state index in [0.29, 0.717) is 0 Å². The fourth-order valence-electron chi connectivity index (χ4n) is 2.20. The molecule has 1 saturated heterocycles. The number of carbonyl (C=O) groups is 1. The molecular formula is C13H17NO6S. The zero-order chi connectivity index (χ0) is 15.6. The summed E-state index contributed by atoms with van der Waals surface area (Å²) in [7, 11) is -4.03. The van der Waals surface area contributed by atoms with E-state index in [2.05, 4.69) is 0 Å². The lowest BCUT2D eigenvalue weighted by molar-refractivity contribution is -0.142. The summed E-state index contributed by atoms with van der Waals surface area (Å²) in [5, 5.41) is 19.2. The normalized spacial score (nSPS) is 23.3. The smallest absolute Gasteiger partial charge is 0.313 e. The van der Waals surface area contributed by atoms with Gasteiger partial charge in [0.2, 0.25) is 0 Å². The van der Waals surface area contributed by atoms with Crippen LogP contribution in [-0.4, -0.2) is 48.9 Å². The summed E-state index contributed by atoms with van der Waals surface area (Å²) in [5.41, 5.74) is 0.911. The van der Waals surface area contributed by atoms with Crippen LogP contribution in [0, 0.1) is 12.8 Å². The average Bonchev–Trinajstić information content (AvgIpc) is 2.81. The van der Waals surface area contributed by atoms with Crippen LogP contribution in [0.4, 0.5) is 0 Å². The average molecular weight is 315 g/mol. The number of nitrogens with zero attached hydrogens (tertiary/aromatic N) is 1. The Balaban J connectivity index is 2.16. The highest BCUT2D eigenvalue weighted by atomic mass is 32.2. The van der Waals surface area contributed by atoms with Gasteiger partial charge in [0.1, 0.15) is 0 Å². The van der Waals surface area contributed by atoms with Crippen LogP contribution < -0.4 is 0 Å². The quantitative estimate of drug-likeness (QED) is 0.809. The molecule has 0 amide bonds. The van der Waals surface area contributed by atoms with E-state index in [-0.39, 0.29) is 24.5 Å². The first-order chi connectivity index (χ1) is 9.83. The van der Waals surface area contributed by atoms with Crippen LogP contribution >= 0.6 is 0 Å². The molecule has 0 aromatic heterocycles. The van der Waals surface area contributed by atoms with Gasteiger partial charge in [-0.25, -0.2) is 0 Å². The molecule has 7 nitrogen and oxygen atoms in total. The van der Waals surface area contributed by atoms with Crippen molar-refractivity contribution in [3.05, 3.63) is 29.8 Å². The fourth-order valence-corrected chi connectivity index (χ4v) is 3.19. The second-order valence-electron chi connectivity index (χ2n) is 5.05. The number of carboxylic acid groups (broad SMARTS) is 1. The zero-order valence-electron chi connectivity index (χ0n) is 11.5. The number of aliphatic carboxylic acids is 1. The Morgan fingerprint density at radius 1 is 1.38 bits per heavy atom. The second-order valence-corrected chi connectivity index (χ2v) is 6.58. The van der Waals surface area contributed by atoms with Crippen LogP contribution in [0.5, 0.6) is 0 Å². The van der Waals surface area contributed by atoms with E-state index in [1.54, 1.807) is 12.1 Å². The number of aryl methyl sites for hydroxylation is 1. The third-order valence-electron chi connectivity index (χ3n) is 3.43. The third kappa shape index (κ3) is 3.59. The van der Waals surface area contributed by atoms with Gasteiger partial charge in [-0.1, -0.05) is 17.7 Å². The zero-order valence-corrected chi connectivity index (χ0v) is 12.3. The number of carboxylic acids is 1. The van der Waals surface area contributed by atoms with Crippen LogP contribution in [0.25, 0.3) is 0 Å². The summed E-state index contributed by atoms with van der Waals surface area (Å²) in [6.45, 7) is 1.38. The summed E-state index contributed by atoms with van der Waals surface area (Å²) in [6.07, 6.45) is 0.148. The topological polar surface area (TPSA) is 104 Å². The van der Waals surface area contributed by atoms with E-state index in [9.17, 15) is 18.3 Å². The van der Waals surface area contributed by atoms with E-state index >= 15 is 0 Å². The van der Waals surface area contributed by atoms with Crippen LogP contribution in [0.3, 0.4) is 0 Å². The summed E-state index contributed by atoms with van der Waals surface area (Å²) in [6, 6.07) is 5.48. The Morgan fingerprint density at radius 3 is 2.52 bits per heavy atom. The molecule has 1 unspecified atom stereocenters. The van der Waals surface area contributed by atoms with Crippen molar-refractivity contribution in [1.29, 1.82) is 0 Å². The molecule has 0 aliphatic carbocycles. The molecule has 0 radical (unpaired) electrons. The maximum Gasteiger partial charge on any atom is 0.313 e. The van der Waals surface area contributed by atoms with Gasteiger partial charge in [0.25, 0.3) is 0 Å². The molecule has 1 fully saturated rings. The molecule has 2 rings (SSSR count). The van der Waals surface area contributed by atoms with Crippen molar-refractivity contribution in [2.75, 3.05) is 13.2 Å². The lowest BCUT2D eigenvalue weighted by Crippen LogP contribution is -2.34. The maximum absolute atomic E-state index is 12.1. The lowest BCUT2D eigenvalue weighted by Gasteiger charge is -2.20. The van der Waals surface area contributed by atoms with Crippen molar-refractivity contribution in [2.24, 2.45) is 5.92 Å². The molecule has 0 spiro atoms. The SMILES string of the molecule is Cc1ccc(S(=O)(=O)ON2CC(C(=O)O)C[C@@H]2CO)cc1. The number of aliphatic hydroxyl groups excluding tert-OH is 1. The standard InChI is InChI=1S/C13H17NO6S/c1-9-2-4-12(5-3-9)21(18,19)20-14-7-10(13(16)17)6-11(14)8-15/h2-5,10-11,15H,6-8H2,1H3,(H,16,17)/t10?,11-/m1/s1. The third-order valence-corrected chi connectivity index (χ3v) is 4.66. The van der Waals surface area contributed by atoms with E-state index in [4.69, 9.17) is 9.39 Å². The number of hydroxylamine groups is 2. The Bertz CT molecular complexity index is 612. The van der Waals surface area contributed by atoms with Gasteiger partial charge in [-0.05, 0) is 25.5 Å². The van der Waals surface area contributed by atoms with Gasteiger partial charge in [0.15, 0.2) is 0 Å². The first-order valence-corrected chi connectivity index (χ1v) is 7.86. The van der Waals surface area contributed by atoms with E-state index < -0.39 is 28.0 Å². The molecule has 116 valence electrons. The number of rotatable bonds is 5. The van der Waals surface area contributed by atoms with E-state index in [1.807, 2.05) is 6.92 Å². The molecule has 21 heavy (non-hydrogen) atoms. The summed E-state index contributed by atoms with van der Waals surface area (Å²) >= 11 is 0. The Hall–Kier alpha value is -1.48. The molecule has 1 aromatic rings. The van der Waals surface area contributed by atoms with Gasteiger partial charge >= 0.3 is 16.1 Å². The number of hydrogen-bond acceptors (Lipinski definition) is 6. The highest BCUT2D eigenvalue weighted by Crippen LogP contribution is 2.26. The minimum absolute atomic E-state index is 0.0106. The van der Waals surface area contributed by atoms with Crippen molar-refractivity contribution in [3.63, 3.8) is 0 Å². The predicted octanol–water partition coefficient (Wildman–Crippen LogP) is 0.383. The highest BCUT2D eigenvalue weighted by Gasteiger charge is 2.39. The minimum Gasteiger partial charge on any atom is -0.481 e. The van der Waals surface area contributed by atoms with Gasteiger partial charge in [0, 0.05) is 6.54 Å². The van der Waals surface area contributed by atoms with Crippen LogP contribution in [0.15, 0.2) is 29.2 Å². The molecule has 0 saturated carbocycles. The van der Waals surface area contributed by atoms with Crippen LogP contribution in [0.2, 0.25) is 0 Å². The number of aliphatic hydroxyl groups is 1. The first kappa shape index (κ1) is 15.9. The molecule has 1 aliphatic heterocycles. The lowest BCUT2D eigenvalue weighted by atomic mass is 10.1. The Labute approximate surface area is 122 Å². The molecule has 0 bridgehead atoms. The summed E-state index contributed by atoms with van der Waals surface area (Å²) in [4.78, 5) is 11.0. The largest absolute Gasteiger partial charge is 0.481 e. The Kier molecular flexibility index (Phi) is 4.62. The molecule has 1 aromatic carbocycles. The van der Waals surface area contributed by atoms with Crippen molar-refractivity contribution in [1.82, 2.24) is 5.06 Å². The van der Waals surface area contributed by atoms with Gasteiger partial charge < -0.3 is 10.2 Å². The Morgan fingerprint density at radius 2 is 2.00 bits per heavy atom. The monoisotopic (exact) mass is 315 g/mol. The first-order valence-electron chi connectivity index (χ1n) is 6.45. The van der Waals surface area contributed by atoms with Crippen molar-refractivity contribution < 1.29 is 27.7 Å². The molecule has 1 aliphatic rings. The van der Waals surface area contributed by atoms with Gasteiger partial charge in [-0.2, -0.15) is 17.8 Å². The van der Waals surface area contributed by atoms with Gasteiger partial charge in [-0.3, -0.25) is 4.79 Å². The van der Waals surface area contributed by atoms with Crippen molar-refractivity contribution in [3.8, 4) is 0 Å². The molecular weight excluding hydrogens is 298 g/mol. The number of hydrogen-bond donors (Lipinski definition) is 2. The van der Waals surface area contributed by atoms with E-state index in [1.165, 1.54) is 12.1 Å². The number of benzene rings is 1. The van der Waals surface area contributed by atoms with Crippen LogP contribution in [-0.2, 0) is 19.2 Å². The fraction of sp³-hybridized carbons (Fsp3) is 0.462. The van der Waals surface area contributed by atoms with Crippen molar-refractivity contribution in [2.45, 2.75) is 24.3 Å². The molecule has 2 atom stereocenters. The molecule has 8 heteroatoms. The maximum atomic E-state index is 12.1.